The van der Waals surface area contributed by atoms with E-state index in [0.29, 0.717) is 23.5 Å². The highest BCUT2D eigenvalue weighted by atomic mass is 16.5. The molecule has 0 aromatic heterocycles. The molecule has 1 aromatic carbocycles. The van der Waals surface area contributed by atoms with Crippen molar-refractivity contribution in [3.8, 4) is 5.75 Å². The molecule has 2 aliphatic carbocycles. The number of ether oxygens (including phenoxy) is 2. The van der Waals surface area contributed by atoms with E-state index in [2.05, 4.69) is 32.2 Å². The van der Waals surface area contributed by atoms with Crippen LogP contribution in [0.1, 0.15) is 25.7 Å². The lowest BCUT2D eigenvalue weighted by Crippen LogP contribution is -2.73. The second kappa shape index (κ2) is 7.14. The van der Waals surface area contributed by atoms with E-state index in [0.717, 1.165) is 44.5 Å². The summed E-state index contributed by atoms with van der Waals surface area (Å²) in [4.78, 5) is 9.52. The van der Waals surface area contributed by atoms with E-state index in [1.165, 1.54) is 31.4 Å². The highest BCUT2D eigenvalue weighted by Gasteiger charge is 2.66. The zero-order valence-electron chi connectivity index (χ0n) is 17.1. The van der Waals surface area contributed by atoms with Crippen LogP contribution in [0.3, 0.4) is 0 Å². The third-order valence-electron chi connectivity index (χ3n) is 7.55. The number of nitrogens with zero attached hydrogens (tertiary/aromatic N) is 3. The summed E-state index contributed by atoms with van der Waals surface area (Å²) < 4.78 is 11.3. The molecule has 0 radical (unpaired) electrons. The maximum absolute atomic E-state index is 6.07. The van der Waals surface area contributed by atoms with E-state index in [1.807, 2.05) is 19.2 Å². The molecule has 6 nitrogen and oxygen atoms in total. The normalized spacial score (nSPS) is 31.2. The first-order chi connectivity index (χ1) is 13.7. The Bertz CT molecular complexity index is 723. The molecule has 2 saturated heterocycles. The minimum atomic E-state index is 0.391. The molecular formula is C22H32N4O2. The minimum Gasteiger partial charge on any atom is -0.497 e. The highest BCUT2D eigenvalue weighted by molar-refractivity contribution is 5.81. The van der Waals surface area contributed by atoms with Crippen molar-refractivity contribution in [3.63, 3.8) is 0 Å². The molecule has 5 rings (SSSR count). The first kappa shape index (κ1) is 18.1. The lowest BCUT2D eigenvalue weighted by Gasteiger charge is -2.63. The summed E-state index contributed by atoms with van der Waals surface area (Å²) >= 11 is 0. The molecule has 3 atom stereocenters. The Morgan fingerprint density at radius 1 is 1.18 bits per heavy atom. The van der Waals surface area contributed by atoms with Crippen molar-refractivity contribution in [2.45, 2.75) is 37.8 Å². The van der Waals surface area contributed by atoms with Crippen LogP contribution < -0.4 is 15.0 Å². The third kappa shape index (κ3) is 2.76. The Morgan fingerprint density at radius 2 is 1.93 bits per heavy atom. The molecule has 28 heavy (non-hydrogen) atoms. The van der Waals surface area contributed by atoms with Crippen LogP contribution in [0, 0.1) is 11.3 Å². The van der Waals surface area contributed by atoms with Gasteiger partial charge in [0.2, 0.25) is 0 Å². The van der Waals surface area contributed by atoms with Crippen molar-refractivity contribution in [1.29, 1.82) is 0 Å². The Labute approximate surface area is 167 Å². The standard InChI is InChI=1S/C22H32N4O2/c1-23-21(24-19-18-8-15-28-20(18)22(19)9-3-10-22)26-13-11-25(12-14-26)16-4-6-17(27-2)7-5-16/h4-7,18-20H,3,8-15H2,1-2H3,(H,23,24). The number of piperazine rings is 1. The van der Waals surface area contributed by atoms with Gasteiger partial charge in [0.1, 0.15) is 5.75 Å². The molecule has 0 bridgehead atoms. The molecule has 4 aliphatic rings. The maximum Gasteiger partial charge on any atom is 0.194 e. The number of methoxy groups -OCH3 is 1. The number of benzene rings is 1. The Balaban J connectivity index is 1.20. The van der Waals surface area contributed by atoms with Crippen LogP contribution in [0.2, 0.25) is 0 Å². The molecule has 3 unspecified atom stereocenters. The number of aliphatic imine (C=N–C) groups is 1. The number of rotatable bonds is 3. The second-order valence-electron chi connectivity index (χ2n) is 8.67. The summed E-state index contributed by atoms with van der Waals surface area (Å²) in [5, 5.41) is 3.87. The van der Waals surface area contributed by atoms with Gasteiger partial charge in [0.25, 0.3) is 0 Å². The number of hydrogen-bond acceptors (Lipinski definition) is 4. The molecular weight excluding hydrogens is 352 g/mol. The van der Waals surface area contributed by atoms with Crippen LogP contribution in [0.4, 0.5) is 5.69 Å². The molecule has 2 heterocycles. The molecule has 1 spiro atoms. The van der Waals surface area contributed by atoms with Crippen molar-refractivity contribution >= 4 is 11.6 Å². The van der Waals surface area contributed by atoms with Gasteiger partial charge in [-0.25, -0.2) is 0 Å². The van der Waals surface area contributed by atoms with E-state index < -0.39 is 0 Å². The molecule has 0 amide bonds. The average molecular weight is 385 g/mol. The van der Waals surface area contributed by atoms with Gasteiger partial charge in [-0.1, -0.05) is 6.42 Å². The Morgan fingerprint density at radius 3 is 2.54 bits per heavy atom. The highest BCUT2D eigenvalue weighted by Crippen LogP contribution is 2.62. The van der Waals surface area contributed by atoms with Crippen LogP contribution in [0.25, 0.3) is 0 Å². The zero-order chi connectivity index (χ0) is 19.1. The van der Waals surface area contributed by atoms with E-state index in [9.17, 15) is 0 Å². The smallest absolute Gasteiger partial charge is 0.194 e. The van der Waals surface area contributed by atoms with Crippen LogP contribution >= 0.6 is 0 Å². The molecule has 1 N–H and O–H groups in total. The van der Waals surface area contributed by atoms with E-state index in [4.69, 9.17) is 9.47 Å². The SMILES string of the molecule is CN=C(NC1C2CCOC2C12CCC2)N1CCN(c2ccc(OC)cc2)CC1. The van der Waals surface area contributed by atoms with Crippen LogP contribution in [-0.4, -0.2) is 69.9 Å². The van der Waals surface area contributed by atoms with Crippen molar-refractivity contribution in [3.05, 3.63) is 24.3 Å². The Kier molecular flexibility index (Phi) is 4.62. The lowest BCUT2D eigenvalue weighted by atomic mass is 9.46. The number of guanidine groups is 1. The van der Waals surface area contributed by atoms with Gasteiger partial charge in [-0.15, -0.1) is 0 Å². The van der Waals surface area contributed by atoms with Crippen molar-refractivity contribution in [1.82, 2.24) is 10.2 Å². The summed E-state index contributed by atoms with van der Waals surface area (Å²) in [5.41, 5.74) is 1.66. The predicted molar refractivity (Wildman–Crippen MR) is 111 cm³/mol. The predicted octanol–water partition coefficient (Wildman–Crippen LogP) is 2.35. The fourth-order valence-electron chi connectivity index (χ4n) is 5.86. The van der Waals surface area contributed by atoms with Gasteiger partial charge in [-0.2, -0.15) is 0 Å². The van der Waals surface area contributed by atoms with Gasteiger partial charge >= 0.3 is 0 Å². The van der Waals surface area contributed by atoms with Gasteiger partial charge < -0.3 is 24.6 Å². The molecule has 2 aliphatic heterocycles. The summed E-state index contributed by atoms with van der Waals surface area (Å²) in [6, 6.07) is 8.92. The molecule has 4 fully saturated rings. The average Bonchev–Trinajstić information content (AvgIpc) is 3.13. The van der Waals surface area contributed by atoms with Crippen LogP contribution in [0.15, 0.2) is 29.3 Å². The first-order valence-corrected chi connectivity index (χ1v) is 10.7. The summed E-state index contributed by atoms with van der Waals surface area (Å²) in [6.07, 6.45) is 5.68. The quantitative estimate of drug-likeness (QED) is 0.640. The van der Waals surface area contributed by atoms with Crippen molar-refractivity contribution in [2.75, 3.05) is 51.8 Å². The fourth-order valence-corrected chi connectivity index (χ4v) is 5.86. The lowest BCUT2D eigenvalue weighted by molar-refractivity contribution is -0.171. The first-order valence-electron chi connectivity index (χ1n) is 10.7. The van der Waals surface area contributed by atoms with Crippen molar-refractivity contribution in [2.24, 2.45) is 16.3 Å². The van der Waals surface area contributed by atoms with E-state index >= 15 is 0 Å². The minimum absolute atomic E-state index is 0.391. The zero-order valence-corrected chi connectivity index (χ0v) is 17.1. The molecule has 6 heteroatoms. The number of hydrogen-bond donors (Lipinski definition) is 1. The number of nitrogens with one attached hydrogen (secondary N) is 1. The third-order valence-corrected chi connectivity index (χ3v) is 7.55. The monoisotopic (exact) mass is 384 g/mol. The number of anilines is 1. The topological polar surface area (TPSA) is 49.3 Å². The molecule has 1 aromatic rings. The van der Waals surface area contributed by atoms with Gasteiger partial charge in [-0.3, -0.25) is 4.99 Å². The van der Waals surface area contributed by atoms with Gasteiger partial charge in [0.15, 0.2) is 5.96 Å². The number of fused-ring (bicyclic) bond motifs is 2. The molecule has 152 valence electrons. The van der Waals surface area contributed by atoms with Gasteiger partial charge in [0.05, 0.1) is 13.2 Å². The van der Waals surface area contributed by atoms with Crippen LogP contribution in [0.5, 0.6) is 5.75 Å². The van der Waals surface area contributed by atoms with Gasteiger partial charge in [0, 0.05) is 62.9 Å². The van der Waals surface area contributed by atoms with Crippen LogP contribution in [-0.2, 0) is 4.74 Å². The van der Waals surface area contributed by atoms with E-state index in [-0.39, 0.29) is 0 Å². The second-order valence-corrected chi connectivity index (χ2v) is 8.67. The maximum atomic E-state index is 6.07. The fraction of sp³-hybridized carbons (Fsp3) is 0.682. The van der Waals surface area contributed by atoms with Gasteiger partial charge in [-0.05, 0) is 43.5 Å². The molecule has 2 saturated carbocycles. The summed E-state index contributed by atoms with van der Waals surface area (Å²) in [7, 11) is 3.63. The summed E-state index contributed by atoms with van der Waals surface area (Å²) in [6.45, 7) is 4.95. The van der Waals surface area contributed by atoms with E-state index in [1.54, 1.807) is 7.11 Å². The Hall–Kier alpha value is -1.95. The largest absolute Gasteiger partial charge is 0.497 e. The summed E-state index contributed by atoms with van der Waals surface area (Å²) in [5.74, 6) is 2.67. The van der Waals surface area contributed by atoms with Crippen molar-refractivity contribution < 1.29 is 9.47 Å².